The van der Waals surface area contributed by atoms with Gasteiger partial charge in [0.1, 0.15) is 6.61 Å². The summed E-state index contributed by atoms with van der Waals surface area (Å²) in [6.07, 6.45) is 52.3. The molecule has 0 fully saturated rings. The Hall–Kier alpha value is -3.59. The van der Waals surface area contributed by atoms with Crippen molar-refractivity contribution in [2.45, 2.75) is 135 Å². The largest absolute Gasteiger partial charge is 0.469 e. The number of rotatable bonds is 34. The fourth-order valence-electron chi connectivity index (χ4n) is 4.66. The first-order chi connectivity index (χ1) is 26.7. The summed E-state index contributed by atoms with van der Waals surface area (Å²) in [6.45, 7) is 3.24. The summed E-state index contributed by atoms with van der Waals surface area (Å²) in [5, 5.41) is 10.2. The van der Waals surface area contributed by atoms with Gasteiger partial charge in [0.2, 0.25) is 0 Å². The van der Waals surface area contributed by atoms with Gasteiger partial charge in [0.25, 0.3) is 0 Å². The molecule has 0 aliphatic carbocycles. The lowest BCUT2D eigenvalue weighted by atomic mass is 10.1. The summed E-state index contributed by atoms with van der Waals surface area (Å²) in [4.78, 5) is 42.8. The summed E-state index contributed by atoms with van der Waals surface area (Å²) in [5.41, 5.74) is 0. The fourth-order valence-corrected chi connectivity index (χ4v) is 5.02. The van der Waals surface area contributed by atoms with E-state index < -0.39 is 38.6 Å². The third-order valence-corrected chi connectivity index (χ3v) is 8.07. The Labute approximate surface area is 331 Å². The Balaban J connectivity index is 4.24. The van der Waals surface area contributed by atoms with Crippen LogP contribution in [0.2, 0.25) is 0 Å². The molecule has 0 radical (unpaired) electrons. The van der Waals surface area contributed by atoms with E-state index >= 15 is 0 Å². The van der Waals surface area contributed by atoms with E-state index in [1.165, 1.54) is 0 Å². The molecule has 0 bridgehead atoms. The number of hydrogen-bond acceptors (Lipinski definition) is 7. The molecule has 0 spiro atoms. The van der Waals surface area contributed by atoms with Crippen LogP contribution in [-0.4, -0.2) is 52.3 Å². The minimum Gasteiger partial charge on any atom is -0.462 e. The molecule has 0 aromatic heterocycles. The van der Waals surface area contributed by atoms with Gasteiger partial charge in [0, 0.05) is 12.8 Å². The lowest BCUT2D eigenvalue weighted by Gasteiger charge is -2.18. The second kappa shape index (κ2) is 38.7. The van der Waals surface area contributed by atoms with E-state index in [2.05, 4.69) is 116 Å². The molecule has 0 aliphatic heterocycles. The van der Waals surface area contributed by atoms with Crippen molar-refractivity contribution >= 4 is 19.8 Å². The van der Waals surface area contributed by atoms with Gasteiger partial charge < -0.3 is 24.4 Å². The number of phosphoric ester groups is 1. The Morgan fingerprint density at radius 3 is 1.55 bits per heavy atom. The van der Waals surface area contributed by atoms with Crippen molar-refractivity contribution in [1.82, 2.24) is 0 Å². The van der Waals surface area contributed by atoms with Gasteiger partial charge in [-0.2, -0.15) is 0 Å². The SMILES string of the molecule is CC/C=C\C/C=C\C/C=C\C/C=C\C=C\C(O)CCCC(=O)O[C@H](COC(=O)CCCCC/C=C\C/C=C\C/C=C\C/C=C\C/C=C\CC)COP(=O)(O)O. The van der Waals surface area contributed by atoms with Crippen molar-refractivity contribution in [3.8, 4) is 0 Å². The fraction of sp³-hybridized carbons (Fsp3) is 0.511. The van der Waals surface area contributed by atoms with Gasteiger partial charge in [-0.25, -0.2) is 4.57 Å². The monoisotopic (exact) mass is 784 g/mol. The molecule has 10 heteroatoms. The molecular formula is C45H69O9P. The molecule has 55 heavy (non-hydrogen) atoms. The number of hydrogen-bond donors (Lipinski definition) is 3. The van der Waals surface area contributed by atoms with Crippen molar-refractivity contribution < 1.29 is 43.0 Å². The zero-order chi connectivity index (χ0) is 40.5. The van der Waals surface area contributed by atoms with Crippen LogP contribution in [0.15, 0.2) is 122 Å². The van der Waals surface area contributed by atoms with Crippen molar-refractivity contribution in [2.75, 3.05) is 13.2 Å². The van der Waals surface area contributed by atoms with Gasteiger partial charge in [-0.15, -0.1) is 0 Å². The van der Waals surface area contributed by atoms with Crippen molar-refractivity contribution in [2.24, 2.45) is 0 Å². The van der Waals surface area contributed by atoms with Crippen LogP contribution in [0.3, 0.4) is 0 Å². The van der Waals surface area contributed by atoms with Crippen molar-refractivity contribution in [1.29, 1.82) is 0 Å². The van der Waals surface area contributed by atoms with Crippen LogP contribution in [0.4, 0.5) is 0 Å². The van der Waals surface area contributed by atoms with Crippen LogP contribution in [0, 0.1) is 0 Å². The van der Waals surface area contributed by atoms with Crippen LogP contribution in [0.5, 0.6) is 0 Å². The van der Waals surface area contributed by atoms with Crippen molar-refractivity contribution in [3.05, 3.63) is 122 Å². The van der Waals surface area contributed by atoms with Gasteiger partial charge in [0.15, 0.2) is 6.10 Å². The second-order valence-electron chi connectivity index (χ2n) is 12.7. The first-order valence-electron chi connectivity index (χ1n) is 19.9. The molecule has 0 aromatic rings. The van der Waals surface area contributed by atoms with Gasteiger partial charge in [0.05, 0.1) is 12.7 Å². The second-order valence-corrected chi connectivity index (χ2v) is 13.9. The topological polar surface area (TPSA) is 140 Å². The highest BCUT2D eigenvalue weighted by molar-refractivity contribution is 7.46. The molecule has 0 aliphatic rings. The van der Waals surface area contributed by atoms with E-state index in [-0.39, 0.29) is 19.4 Å². The van der Waals surface area contributed by atoms with Crippen LogP contribution in [-0.2, 0) is 28.2 Å². The molecule has 0 saturated heterocycles. The minimum atomic E-state index is -4.83. The Morgan fingerprint density at radius 1 is 0.564 bits per heavy atom. The van der Waals surface area contributed by atoms with Gasteiger partial charge in [-0.05, 0) is 89.9 Å². The van der Waals surface area contributed by atoms with E-state index in [4.69, 9.17) is 19.3 Å². The van der Waals surface area contributed by atoms with E-state index in [1.807, 2.05) is 12.2 Å². The maximum Gasteiger partial charge on any atom is 0.469 e. The molecule has 0 saturated carbocycles. The molecule has 2 atom stereocenters. The number of aliphatic hydroxyl groups is 1. The van der Waals surface area contributed by atoms with Crippen LogP contribution in [0.25, 0.3) is 0 Å². The Kier molecular flexibility index (Phi) is 36.2. The quantitative estimate of drug-likeness (QED) is 0.0191. The number of unbranched alkanes of at least 4 members (excludes halogenated alkanes) is 3. The number of phosphoric acid groups is 1. The average molecular weight is 785 g/mol. The van der Waals surface area contributed by atoms with Crippen molar-refractivity contribution in [3.63, 3.8) is 0 Å². The standard InChI is InChI=1S/C45H69O9P/c1-3-5-7-9-11-13-15-17-18-19-20-21-22-24-26-28-30-32-34-38-44(47)52-40-43(41-53-55(49,50)51)54-45(48)39-35-37-42(46)36-33-31-29-27-25-23-16-14-12-10-8-6-4-2/h5-8,11-14,17-18,20-21,23-26,29,31,33,36,42-43,46H,3-4,9-10,15-16,19,22,27-28,30,32,34-35,37-41H2,1-2H3,(H2,49,50,51)/b7-5-,8-6-,13-11-,14-12-,18-17-,21-20-,25-23-,26-24-,31-29-,36-33+/t42?,43-/m1/s1. The zero-order valence-electron chi connectivity index (χ0n) is 33.4. The summed E-state index contributed by atoms with van der Waals surface area (Å²) < 4.78 is 26.2. The van der Waals surface area contributed by atoms with Gasteiger partial charge >= 0.3 is 19.8 Å². The summed E-state index contributed by atoms with van der Waals surface area (Å²) in [5.74, 6) is -1.14. The maximum atomic E-state index is 12.4. The molecule has 1 unspecified atom stereocenters. The average Bonchev–Trinajstić information content (AvgIpc) is 3.15. The minimum absolute atomic E-state index is 0.0346. The Bertz CT molecular complexity index is 1310. The molecule has 0 amide bonds. The van der Waals surface area contributed by atoms with Gasteiger partial charge in [-0.1, -0.05) is 142 Å². The number of carbonyl (C=O) groups excluding carboxylic acids is 2. The Morgan fingerprint density at radius 2 is 1.04 bits per heavy atom. The summed E-state index contributed by atoms with van der Waals surface area (Å²) >= 11 is 0. The van der Waals surface area contributed by atoms with Crippen LogP contribution < -0.4 is 0 Å². The smallest absolute Gasteiger partial charge is 0.462 e. The van der Waals surface area contributed by atoms with Crippen LogP contribution >= 0.6 is 7.82 Å². The van der Waals surface area contributed by atoms with E-state index in [0.717, 1.165) is 77.0 Å². The third-order valence-electron chi connectivity index (χ3n) is 7.58. The molecule has 0 heterocycles. The van der Waals surface area contributed by atoms with Gasteiger partial charge in [-0.3, -0.25) is 14.1 Å². The molecule has 308 valence electrons. The molecule has 3 N–H and O–H groups in total. The molecular weight excluding hydrogens is 715 g/mol. The number of esters is 2. The van der Waals surface area contributed by atoms with E-state index in [1.54, 1.807) is 12.2 Å². The van der Waals surface area contributed by atoms with E-state index in [9.17, 15) is 19.3 Å². The third kappa shape index (κ3) is 41.4. The van der Waals surface area contributed by atoms with E-state index in [0.29, 0.717) is 19.3 Å². The lowest BCUT2D eigenvalue weighted by Crippen LogP contribution is -2.29. The predicted molar refractivity (Wildman–Crippen MR) is 226 cm³/mol. The normalized spacial score (nSPS) is 14.3. The zero-order valence-corrected chi connectivity index (χ0v) is 34.3. The lowest BCUT2D eigenvalue weighted by molar-refractivity contribution is -0.161. The van der Waals surface area contributed by atoms with Crippen LogP contribution in [0.1, 0.15) is 123 Å². The summed E-state index contributed by atoms with van der Waals surface area (Å²) in [6, 6.07) is 0. The maximum absolute atomic E-state index is 12.4. The highest BCUT2D eigenvalue weighted by Crippen LogP contribution is 2.36. The predicted octanol–water partition coefficient (Wildman–Crippen LogP) is 11.1. The highest BCUT2D eigenvalue weighted by Gasteiger charge is 2.23. The molecule has 0 rings (SSSR count). The number of carbonyl (C=O) groups is 2. The first kappa shape index (κ1) is 51.4. The molecule has 0 aromatic carbocycles. The number of aliphatic hydroxyl groups excluding tert-OH is 1. The number of allylic oxidation sites excluding steroid dienone is 19. The summed E-state index contributed by atoms with van der Waals surface area (Å²) in [7, 11) is -4.83. The molecule has 9 nitrogen and oxygen atoms in total. The highest BCUT2D eigenvalue weighted by atomic mass is 31.2. The first-order valence-corrected chi connectivity index (χ1v) is 21.5. The number of ether oxygens (including phenoxy) is 2.